The van der Waals surface area contributed by atoms with Crippen LogP contribution in [-0.2, 0) is 6.18 Å². The van der Waals surface area contributed by atoms with Crippen molar-refractivity contribution in [2.75, 3.05) is 23.1 Å². The van der Waals surface area contributed by atoms with E-state index in [1.807, 2.05) is 0 Å². The molecule has 0 amide bonds. The molecule has 0 aliphatic carbocycles. The molecule has 150 valence electrons. The van der Waals surface area contributed by atoms with E-state index in [-0.39, 0.29) is 29.3 Å². The molecule has 0 saturated carbocycles. The van der Waals surface area contributed by atoms with Crippen LogP contribution in [0.5, 0.6) is 5.75 Å². The van der Waals surface area contributed by atoms with Crippen LogP contribution >= 0.6 is 0 Å². The SMILES string of the molecule is CNc1nc(NN=Cc2ccccc2O)nc(Nc2cccc(C(F)(F)F)c2)n1. The summed E-state index contributed by atoms with van der Waals surface area (Å²) in [5.41, 5.74) is 2.44. The van der Waals surface area contributed by atoms with Crippen LogP contribution in [0.25, 0.3) is 0 Å². The van der Waals surface area contributed by atoms with Crippen molar-refractivity contribution in [3.05, 3.63) is 59.7 Å². The largest absolute Gasteiger partial charge is 0.507 e. The number of phenolic OH excluding ortho intramolecular Hbond substituents is 1. The molecule has 1 heterocycles. The Kier molecular flexibility index (Phi) is 5.77. The van der Waals surface area contributed by atoms with E-state index in [1.165, 1.54) is 24.4 Å². The predicted octanol–water partition coefficient (Wildman–Crippen LogP) is 3.83. The van der Waals surface area contributed by atoms with Gasteiger partial charge in [-0.25, -0.2) is 5.43 Å². The zero-order valence-corrected chi connectivity index (χ0v) is 15.1. The molecule has 8 nitrogen and oxygen atoms in total. The summed E-state index contributed by atoms with van der Waals surface area (Å²) in [5, 5.41) is 19.1. The molecule has 0 aliphatic rings. The molecule has 0 atom stereocenters. The number of phenols is 1. The van der Waals surface area contributed by atoms with Crippen molar-refractivity contribution in [3.63, 3.8) is 0 Å². The Morgan fingerprint density at radius 3 is 2.41 bits per heavy atom. The third-order valence-electron chi connectivity index (χ3n) is 3.61. The number of hydrogen-bond donors (Lipinski definition) is 4. The maximum atomic E-state index is 12.9. The third-order valence-corrected chi connectivity index (χ3v) is 3.61. The quantitative estimate of drug-likeness (QED) is 0.366. The van der Waals surface area contributed by atoms with Crippen LogP contribution in [-0.4, -0.2) is 33.3 Å². The number of anilines is 4. The van der Waals surface area contributed by atoms with Crippen molar-refractivity contribution in [1.29, 1.82) is 0 Å². The Morgan fingerprint density at radius 1 is 0.966 bits per heavy atom. The highest BCUT2D eigenvalue weighted by Gasteiger charge is 2.30. The van der Waals surface area contributed by atoms with E-state index in [1.54, 1.807) is 25.2 Å². The lowest BCUT2D eigenvalue weighted by Crippen LogP contribution is -2.08. The zero-order chi connectivity index (χ0) is 20.9. The maximum absolute atomic E-state index is 12.9. The van der Waals surface area contributed by atoms with Crippen molar-refractivity contribution in [2.24, 2.45) is 5.10 Å². The molecule has 3 rings (SSSR count). The molecule has 0 spiro atoms. The molecular weight excluding hydrogens is 387 g/mol. The molecule has 3 aromatic rings. The first kappa shape index (κ1) is 19.9. The summed E-state index contributed by atoms with van der Waals surface area (Å²) >= 11 is 0. The van der Waals surface area contributed by atoms with Gasteiger partial charge in [-0.05, 0) is 30.3 Å². The van der Waals surface area contributed by atoms with Gasteiger partial charge in [-0.15, -0.1) is 0 Å². The van der Waals surface area contributed by atoms with Crippen molar-refractivity contribution in [1.82, 2.24) is 15.0 Å². The Labute approximate surface area is 163 Å². The number of hydrazone groups is 1. The van der Waals surface area contributed by atoms with E-state index in [4.69, 9.17) is 0 Å². The third kappa shape index (κ3) is 5.31. The van der Waals surface area contributed by atoms with Gasteiger partial charge >= 0.3 is 6.18 Å². The van der Waals surface area contributed by atoms with Crippen molar-refractivity contribution in [2.45, 2.75) is 6.18 Å². The highest BCUT2D eigenvalue weighted by molar-refractivity contribution is 5.83. The first-order chi connectivity index (χ1) is 13.8. The van der Waals surface area contributed by atoms with Crippen LogP contribution in [0, 0.1) is 0 Å². The number of rotatable bonds is 6. The number of aromatic hydroxyl groups is 1. The standard InChI is InChI=1S/C18H16F3N7O/c1-22-15-25-16(24-13-7-4-6-12(9-13)18(19,20)21)27-17(26-15)28-23-10-11-5-2-3-8-14(11)29/h2-10,29H,1H3,(H3,22,24,25,26,27,28). The smallest absolute Gasteiger partial charge is 0.416 e. The summed E-state index contributed by atoms with van der Waals surface area (Å²) in [6, 6.07) is 11.2. The minimum atomic E-state index is -4.46. The molecule has 0 unspecified atom stereocenters. The van der Waals surface area contributed by atoms with Gasteiger partial charge in [0.05, 0.1) is 11.8 Å². The normalized spacial score (nSPS) is 11.4. The second kappa shape index (κ2) is 8.42. The number of aromatic nitrogens is 3. The Balaban J connectivity index is 1.79. The van der Waals surface area contributed by atoms with Gasteiger partial charge < -0.3 is 15.7 Å². The van der Waals surface area contributed by atoms with Crippen LogP contribution in [0.3, 0.4) is 0 Å². The van der Waals surface area contributed by atoms with E-state index in [9.17, 15) is 18.3 Å². The van der Waals surface area contributed by atoms with Crippen LogP contribution in [0.2, 0.25) is 0 Å². The summed E-state index contributed by atoms with van der Waals surface area (Å²) in [4.78, 5) is 12.2. The lowest BCUT2D eigenvalue weighted by molar-refractivity contribution is -0.137. The highest BCUT2D eigenvalue weighted by atomic mass is 19.4. The van der Waals surface area contributed by atoms with Gasteiger partial charge in [-0.2, -0.15) is 33.2 Å². The predicted molar refractivity (Wildman–Crippen MR) is 103 cm³/mol. The first-order valence-electron chi connectivity index (χ1n) is 8.30. The molecule has 0 radical (unpaired) electrons. The van der Waals surface area contributed by atoms with E-state index in [0.29, 0.717) is 5.56 Å². The van der Waals surface area contributed by atoms with Gasteiger partial charge in [0.2, 0.25) is 17.8 Å². The fourth-order valence-electron chi connectivity index (χ4n) is 2.25. The lowest BCUT2D eigenvalue weighted by Gasteiger charge is -2.11. The molecule has 2 aromatic carbocycles. The fraction of sp³-hybridized carbons (Fsp3) is 0.111. The van der Waals surface area contributed by atoms with Crippen molar-refractivity contribution in [3.8, 4) is 5.75 Å². The number of halogens is 3. The van der Waals surface area contributed by atoms with Gasteiger partial charge in [0.25, 0.3) is 0 Å². The van der Waals surface area contributed by atoms with Crippen LogP contribution in [0.4, 0.5) is 36.7 Å². The second-order valence-electron chi connectivity index (χ2n) is 5.69. The average molecular weight is 403 g/mol. The summed E-state index contributed by atoms with van der Waals surface area (Å²) < 4.78 is 38.6. The zero-order valence-electron chi connectivity index (χ0n) is 15.1. The van der Waals surface area contributed by atoms with Crippen molar-refractivity contribution >= 4 is 29.7 Å². The van der Waals surface area contributed by atoms with E-state index in [2.05, 4.69) is 36.1 Å². The highest BCUT2D eigenvalue weighted by Crippen LogP contribution is 2.31. The van der Waals surface area contributed by atoms with Crippen LogP contribution < -0.4 is 16.1 Å². The molecule has 1 aromatic heterocycles. The van der Waals surface area contributed by atoms with Crippen LogP contribution in [0.15, 0.2) is 53.6 Å². The first-order valence-corrected chi connectivity index (χ1v) is 8.30. The van der Waals surface area contributed by atoms with Gasteiger partial charge in [-0.3, -0.25) is 0 Å². The van der Waals surface area contributed by atoms with Gasteiger partial charge in [-0.1, -0.05) is 18.2 Å². The number of alkyl halides is 3. The lowest BCUT2D eigenvalue weighted by atomic mass is 10.2. The number of benzene rings is 2. The minimum absolute atomic E-state index is 0.0175. The van der Waals surface area contributed by atoms with E-state index >= 15 is 0 Å². The van der Waals surface area contributed by atoms with Gasteiger partial charge in [0.15, 0.2) is 0 Å². The fourth-order valence-corrected chi connectivity index (χ4v) is 2.25. The molecule has 0 bridgehead atoms. The molecule has 0 fully saturated rings. The molecule has 29 heavy (non-hydrogen) atoms. The average Bonchev–Trinajstić information content (AvgIpc) is 2.69. The Bertz CT molecular complexity index is 1020. The summed E-state index contributed by atoms with van der Waals surface area (Å²) in [6.07, 6.45) is -3.09. The van der Waals surface area contributed by atoms with E-state index < -0.39 is 11.7 Å². The van der Waals surface area contributed by atoms with E-state index in [0.717, 1.165) is 12.1 Å². The topological polar surface area (TPSA) is 107 Å². The molecule has 0 saturated heterocycles. The second-order valence-corrected chi connectivity index (χ2v) is 5.69. The summed E-state index contributed by atoms with van der Waals surface area (Å²) in [5.74, 6) is 0.292. The summed E-state index contributed by atoms with van der Waals surface area (Å²) in [7, 11) is 1.58. The monoisotopic (exact) mass is 403 g/mol. The van der Waals surface area contributed by atoms with Gasteiger partial charge in [0, 0.05) is 18.3 Å². The number of para-hydroxylation sites is 1. The molecular formula is C18H16F3N7O. The summed E-state index contributed by atoms with van der Waals surface area (Å²) in [6.45, 7) is 0. The number of hydrogen-bond acceptors (Lipinski definition) is 8. The minimum Gasteiger partial charge on any atom is -0.507 e. The van der Waals surface area contributed by atoms with Gasteiger partial charge in [0.1, 0.15) is 5.75 Å². The Hall–Kier alpha value is -3.89. The Morgan fingerprint density at radius 2 is 1.69 bits per heavy atom. The molecule has 4 N–H and O–H groups in total. The van der Waals surface area contributed by atoms with Crippen LogP contribution in [0.1, 0.15) is 11.1 Å². The number of nitrogens with zero attached hydrogens (tertiary/aromatic N) is 4. The number of nitrogens with one attached hydrogen (secondary N) is 3. The maximum Gasteiger partial charge on any atom is 0.416 e. The molecule has 0 aliphatic heterocycles. The van der Waals surface area contributed by atoms with Crippen molar-refractivity contribution < 1.29 is 18.3 Å². The molecule has 11 heteroatoms.